The van der Waals surface area contributed by atoms with Crippen LogP contribution in [0, 0.1) is 0 Å². The van der Waals surface area contributed by atoms with Gasteiger partial charge in [-0.2, -0.15) is 0 Å². The van der Waals surface area contributed by atoms with E-state index in [1.54, 1.807) is 13.8 Å². The second-order valence-electron chi connectivity index (χ2n) is 2.24. The number of carboxylic acids is 2. The van der Waals surface area contributed by atoms with Crippen LogP contribution < -0.4 is 10.2 Å². The third-order valence-corrected chi connectivity index (χ3v) is 0.908. The molecule has 0 spiro atoms. The topological polar surface area (TPSA) is 112 Å². The van der Waals surface area contributed by atoms with E-state index in [2.05, 4.69) is 0 Å². The maximum absolute atomic E-state index is 9.49. The van der Waals surface area contributed by atoms with Crippen molar-refractivity contribution in [3.05, 3.63) is 0 Å². The molecule has 0 radical (unpaired) electrons. The number of carboxylic acid groups (broad SMARTS) is 2. The summed E-state index contributed by atoms with van der Waals surface area (Å²) in [4.78, 5) is 19.0. The molecule has 2 N–H and O–H groups in total. The predicted molar refractivity (Wildman–Crippen MR) is 49.2 cm³/mol. The minimum Gasteiger partial charge on any atom is -0.550 e. The molecule has 0 saturated heterocycles. The van der Waals surface area contributed by atoms with E-state index in [9.17, 15) is 19.8 Å². The molecule has 0 aliphatic heterocycles. The summed E-state index contributed by atoms with van der Waals surface area (Å²) in [6, 6.07) is 0. The van der Waals surface area contributed by atoms with Crippen LogP contribution >= 0.6 is 0 Å². The molecule has 0 aromatic heterocycles. The Bertz CT molecular complexity index is 122. The van der Waals surface area contributed by atoms with Crippen LogP contribution in [0.2, 0.25) is 0 Å². The van der Waals surface area contributed by atoms with Crippen molar-refractivity contribution >= 4 is 22.1 Å². The fraction of sp³-hybridized carbons (Fsp3) is 0.750. The fourth-order valence-corrected chi connectivity index (χ4v) is 0.408. The molecular formula is C8H16BeO5. The third kappa shape index (κ3) is 43.7. The van der Waals surface area contributed by atoms with Gasteiger partial charge in [0, 0.05) is 11.9 Å². The van der Waals surface area contributed by atoms with E-state index in [-0.39, 0.29) is 28.4 Å². The monoisotopic (exact) mass is 201 g/mol. The molecule has 0 rings (SSSR count). The fourth-order valence-electron chi connectivity index (χ4n) is 0.408. The summed E-state index contributed by atoms with van der Waals surface area (Å²) in [5.74, 6) is -1.92. The summed E-state index contributed by atoms with van der Waals surface area (Å²) in [7, 11) is 0. The second kappa shape index (κ2) is 18.0. The summed E-state index contributed by atoms with van der Waals surface area (Å²) in [5, 5.41) is 19.0. The van der Waals surface area contributed by atoms with Gasteiger partial charge in [-0.25, -0.2) is 0 Å². The SMILES string of the molecule is CCCC(=O)[O-].CCCC(=O)[O-].O.[Be+2]. The summed E-state index contributed by atoms with van der Waals surface area (Å²) >= 11 is 0. The van der Waals surface area contributed by atoms with Crippen LogP contribution in [-0.4, -0.2) is 27.5 Å². The standard InChI is InChI=1S/2C4H8O2.Be.H2O/c2*1-2-3-4(5)6;;/h2*2-3H2,1H3,(H,5,6);;1H2/q;;+2;/p-2. The van der Waals surface area contributed by atoms with Gasteiger partial charge < -0.3 is 25.3 Å². The Morgan fingerprint density at radius 3 is 1.14 bits per heavy atom. The first-order valence-electron chi connectivity index (χ1n) is 3.94. The molecule has 0 aliphatic carbocycles. The summed E-state index contributed by atoms with van der Waals surface area (Å²) in [6.07, 6.45) is 1.70. The van der Waals surface area contributed by atoms with Crippen LogP contribution in [0.3, 0.4) is 0 Å². The maximum Gasteiger partial charge on any atom is 2.00 e. The van der Waals surface area contributed by atoms with Crippen LogP contribution in [0.5, 0.6) is 0 Å². The molecule has 0 atom stereocenters. The van der Waals surface area contributed by atoms with Crippen LogP contribution in [-0.2, 0) is 9.59 Å². The first-order chi connectivity index (χ1) is 5.54. The third-order valence-electron chi connectivity index (χ3n) is 0.908. The molecule has 0 bridgehead atoms. The molecule has 0 saturated carbocycles. The molecule has 80 valence electrons. The Balaban J connectivity index is -0.0000000625. The van der Waals surface area contributed by atoms with Crippen LogP contribution in [0.15, 0.2) is 0 Å². The van der Waals surface area contributed by atoms with Gasteiger partial charge in [-0.15, -0.1) is 0 Å². The molecule has 0 heterocycles. The van der Waals surface area contributed by atoms with Crippen LogP contribution in [0.1, 0.15) is 39.5 Å². The second-order valence-corrected chi connectivity index (χ2v) is 2.24. The first kappa shape index (κ1) is 23.1. The van der Waals surface area contributed by atoms with Crippen molar-refractivity contribution in [2.24, 2.45) is 0 Å². The van der Waals surface area contributed by atoms with E-state index >= 15 is 0 Å². The zero-order chi connectivity index (χ0) is 9.98. The van der Waals surface area contributed by atoms with E-state index in [0.717, 1.165) is 0 Å². The zero-order valence-corrected chi connectivity index (χ0v) is 8.67. The van der Waals surface area contributed by atoms with Crippen LogP contribution in [0.4, 0.5) is 0 Å². The number of rotatable bonds is 4. The average molecular weight is 201 g/mol. The van der Waals surface area contributed by atoms with E-state index in [1.807, 2.05) is 0 Å². The predicted octanol–water partition coefficient (Wildman–Crippen LogP) is -2.13. The number of carbonyl (C=O) groups excluding carboxylic acids is 2. The van der Waals surface area contributed by atoms with Crippen molar-refractivity contribution in [2.45, 2.75) is 39.5 Å². The van der Waals surface area contributed by atoms with Crippen molar-refractivity contribution in [1.29, 1.82) is 0 Å². The molecule has 6 heteroatoms. The summed E-state index contributed by atoms with van der Waals surface area (Å²) < 4.78 is 0. The molecule has 14 heavy (non-hydrogen) atoms. The van der Waals surface area contributed by atoms with E-state index in [0.29, 0.717) is 12.8 Å². The minimum absolute atomic E-state index is 0. The number of aliphatic carboxylic acids is 2. The van der Waals surface area contributed by atoms with Crippen molar-refractivity contribution in [3.8, 4) is 0 Å². The van der Waals surface area contributed by atoms with Gasteiger partial charge in [-0.3, -0.25) is 0 Å². The van der Waals surface area contributed by atoms with E-state index < -0.39 is 11.9 Å². The first-order valence-corrected chi connectivity index (χ1v) is 3.94. The Hall–Kier alpha value is -0.931. The average Bonchev–Trinajstić information content (AvgIpc) is 1.87. The van der Waals surface area contributed by atoms with Crippen molar-refractivity contribution in [1.82, 2.24) is 0 Å². The zero-order valence-electron chi connectivity index (χ0n) is 8.67. The van der Waals surface area contributed by atoms with E-state index in [4.69, 9.17) is 0 Å². The Labute approximate surface area is 87.7 Å². The smallest absolute Gasteiger partial charge is 0.550 e. The molecular weight excluding hydrogens is 185 g/mol. The largest absolute Gasteiger partial charge is 2.00 e. The molecule has 0 fully saturated rings. The van der Waals surface area contributed by atoms with Gasteiger partial charge >= 0.3 is 10.1 Å². The van der Waals surface area contributed by atoms with Crippen molar-refractivity contribution < 1.29 is 25.3 Å². The maximum atomic E-state index is 9.49. The number of hydrogen-bond acceptors (Lipinski definition) is 4. The molecule has 0 aliphatic rings. The van der Waals surface area contributed by atoms with Gasteiger partial charge in [-0.1, -0.05) is 26.7 Å². The number of carbonyl (C=O) groups is 2. The normalized spacial score (nSPS) is 7.00. The Morgan fingerprint density at radius 1 is 0.929 bits per heavy atom. The van der Waals surface area contributed by atoms with Gasteiger partial charge in [0.05, 0.1) is 0 Å². The van der Waals surface area contributed by atoms with Gasteiger partial charge in [-0.05, 0) is 12.8 Å². The molecule has 5 nitrogen and oxygen atoms in total. The molecule has 0 aromatic carbocycles. The van der Waals surface area contributed by atoms with Crippen molar-refractivity contribution in [3.63, 3.8) is 0 Å². The molecule has 0 aromatic rings. The Kier molecular flexibility index (Phi) is 29.7. The van der Waals surface area contributed by atoms with Crippen molar-refractivity contribution in [2.75, 3.05) is 0 Å². The minimum atomic E-state index is -0.961. The number of hydrogen-bond donors (Lipinski definition) is 0. The molecule has 0 unspecified atom stereocenters. The van der Waals surface area contributed by atoms with Crippen LogP contribution in [0.25, 0.3) is 0 Å². The molecule has 0 amide bonds. The van der Waals surface area contributed by atoms with Gasteiger partial charge in [0.2, 0.25) is 0 Å². The Morgan fingerprint density at radius 2 is 1.14 bits per heavy atom. The van der Waals surface area contributed by atoms with Gasteiger partial charge in [0.25, 0.3) is 0 Å². The van der Waals surface area contributed by atoms with E-state index in [1.165, 1.54) is 0 Å². The van der Waals surface area contributed by atoms with Gasteiger partial charge in [0.1, 0.15) is 0 Å². The summed E-state index contributed by atoms with van der Waals surface area (Å²) in [5.41, 5.74) is 0. The quantitative estimate of drug-likeness (QED) is 0.483. The van der Waals surface area contributed by atoms with Gasteiger partial charge in [0.15, 0.2) is 0 Å². The summed E-state index contributed by atoms with van der Waals surface area (Å²) in [6.45, 7) is 3.60.